The van der Waals surface area contributed by atoms with Crippen molar-refractivity contribution in [3.05, 3.63) is 29.6 Å². The second kappa shape index (κ2) is 4.89. The van der Waals surface area contributed by atoms with Crippen LogP contribution in [0.1, 0.15) is 23.0 Å². The van der Waals surface area contributed by atoms with Crippen LogP contribution >= 0.6 is 0 Å². The van der Waals surface area contributed by atoms with E-state index in [-0.39, 0.29) is 11.9 Å². The van der Waals surface area contributed by atoms with Crippen molar-refractivity contribution < 1.29 is 4.79 Å². The van der Waals surface area contributed by atoms with Crippen molar-refractivity contribution >= 4 is 5.91 Å². The fourth-order valence-electron chi connectivity index (χ4n) is 1.41. The molecule has 1 heterocycles. The number of aryl methyl sites for hydroxylation is 1. The zero-order valence-electron chi connectivity index (χ0n) is 9.40. The van der Waals surface area contributed by atoms with Gasteiger partial charge in [0.15, 0.2) is 0 Å². The average molecular weight is 207 g/mol. The van der Waals surface area contributed by atoms with Gasteiger partial charge in [0.2, 0.25) is 0 Å². The summed E-state index contributed by atoms with van der Waals surface area (Å²) in [6.45, 7) is 4.30. The number of hydrogen-bond acceptors (Lipinski definition) is 3. The first-order valence-corrected chi connectivity index (χ1v) is 4.94. The number of carbonyl (C=O) groups is 1. The molecule has 0 spiro atoms. The van der Waals surface area contributed by atoms with Gasteiger partial charge in [-0.25, -0.2) is 0 Å². The van der Waals surface area contributed by atoms with Crippen LogP contribution in [0, 0.1) is 6.92 Å². The maximum absolute atomic E-state index is 11.9. The lowest BCUT2D eigenvalue weighted by Crippen LogP contribution is -2.36. The Morgan fingerprint density at radius 1 is 1.67 bits per heavy atom. The number of rotatable bonds is 3. The fourth-order valence-corrected chi connectivity index (χ4v) is 1.41. The van der Waals surface area contributed by atoms with Crippen LogP contribution in [-0.2, 0) is 0 Å². The van der Waals surface area contributed by atoms with Crippen molar-refractivity contribution in [2.45, 2.75) is 19.9 Å². The number of hydrogen-bond donors (Lipinski definition) is 1. The van der Waals surface area contributed by atoms with E-state index in [9.17, 15) is 4.79 Å². The molecule has 4 heteroatoms. The number of aromatic nitrogens is 1. The summed E-state index contributed by atoms with van der Waals surface area (Å²) in [7, 11) is 1.75. The lowest BCUT2D eigenvalue weighted by atomic mass is 10.2. The summed E-state index contributed by atoms with van der Waals surface area (Å²) in [5.74, 6) is -0.0159. The maximum atomic E-state index is 11.9. The molecule has 1 unspecified atom stereocenters. The Balaban J connectivity index is 2.76. The Kier molecular flexibility index (Phi) is 3.80. The number of amides is 1. The molecule has 4 nitrogen and oxygen atoms in total. The van der Waals surface area contributed by atoms with Gasteiger partial charge in [-0.15, -0.1) is 0 Å². The molecule has 1 aromatic heterocycles. The van der Waals surface area contributed by atoms with E-state index >= 15 is 0 Å². The van der Waals surface area contributed by atoms with Crippen molar-refractivity contribution in [1.82, 2.24) is 9.88 Å². The highest BCUT2D eigenvalue weighted by Gasteiger charge is 2.12. The summed E-state index contributed by atoms with van der Waals surface area (Å²) in [4.78, 5) is 17.5. The predicted molar refractivity (Wildman–Crippen MR) is 59.6 cm³/mol. The monoisotopic (exact) mass is 207 g/mol. The zero-order chi connectivity index (χ0) is 11.4. The smallest absolute Gasteiger partial charge is 0.253 e. The first kappa shape index (κ1) is 11.7. The predicted octanol–water partition coefficient (Wildman–Crippen LogP) is 0.809. The Labute approximate surface area is 90.1 Å². The minimum atomic E-state index is -0.0159. The molecule has 1 aromatic rings. The van der Waals surface area contributed by atoms with E-state index in [1.165, 1.54) is 0 Å². The van der Waals surface area contributed by atoms with Crippen LogP contribution in [0.15, 0.2) is 18.3 Å². The molecule has 1 rings (SSSR count). The standard InChI is InChI=1S/C11H17N3O/c1-8(12)7-14(3)11(15)10-4-5-13-9(2)6-10/h4-6,8H,7,12H2,1-3H3. The van der Waals surface area contributed by atoms with Crippen LogP contribution in [0.3, 0.4) is 0 Å². The minimum absolute atomic E-state index is 0.0121. The van der Waals surface area contributed by atoms with Gasteiger partial charge in [0, 0.05) is 37.1 Å². The summed E-state index contributed by atoms with van der Waals surface area (Å²) in [6.07, 6.45) is 1.64. The maximum Gasteiger partial charge on any atom is 0.253 e. The fraction of sp³-hybridized carbons (Fsp3) is 0.455. The minimum Gasteiger partial charge on any atom is -0.340 e. The molecule has 0 aliphatic rings. The number of pyridine rings is 1. The number of carbonyl (C=O) groups excluding carboxylic acids is 1. The van der Waals surface area contributed by atoms with E-state index in [2.05, 4.69) is 4.98 Å². The number of nitrogens with two attached hydrogens (primary N) is 1. The molecule has 0 aliphatic heterocycles. The van der Waals surface area contributed by atoms with E-state index < -0.39 is 0 Å². The Hall–Kier alpha value is -1.42. The largest absolute Gasteiger partial charge is 0.340 e. The Morgan fingerprint density at radius 2 is 2.33 bits per heavy atom. The van der Waals surface area contributed by atoms with E-state index in [4.69, 9.17) is 5.73 Å². The van der Waals surface area contributed by atoms with Crippen LogP contribution in [0.4, 0.5) is 0 Å². The third-order valence-corrected chi connectivity index (χ3v) is 2.05. The SMILES string of the molecule is Cc1cc(C(=O)N(C)CC(C)N)ccn1. The molecule has 15 heavy (non-hydrogen) atoms. The van der Waals surface area contributed by atoms with Crippen LogP contribution in [-0.4, -0.2) is 35.4 Å². The van der Waals surface area contributed by atoms with Crippen molar-refractivity contribution in [2.75, 3.05) is 13.6 Å². The van der Waals surface area contributed by atoms with Crippen molar-refractivity contribution in [2.24, 2.45) is 5.73 Å². The molecule has 0 aliphatic carbocycles. The van der Waals surface area contributed by atoms with Gasteiger partial charge in [0.25, 0.3) is 5.91 Å². The van der Waals surface area contributed by atoms with Crippen molar-refractivity contribution in [1.29, 1.82) is 0 Å². The molecule has 0 radical (unpaired) electrons. The van der Waals surface area contributed by atoms with Gasteiger partial charge in [0.1, 0.15) is 0 Å². The molecular formula is C11H17N3O. The number of likely N-dealkylation sites (N-methyl/N-ethyl adjacent to an activating group) is 1. The third-order valence-electron chi connectivity index (χ3n) is 2.05. The van der Waals surface area contributed by atoms with Gasteiger partial charge in [-0.05, 0) is 26.0 Å². The van der Waals surface area contributed by atoms with Crippen LogP contribution in [0.2, 0.25) is 0 Å². The molecule has 0 saturated carbocycles. The second-order valence-electron chi connectivity index (χ2n) is 3.85. The molecular weight excluding hydrogens is 190 g/mol. The van der Waals surface area contributed by atoms with E-state index in [0.717, 1.165) is 5.69 Å². The summed E-state index contributed by atoms with van der Waals surface area (Å²) in [5.41, 5.74) is 7.13. The number of nitrogens with zero attached hydrogens (tertiary/aromatic N) is 2. The normalized spacial score (nSPS) is 12.3. The first-order valence-electron chi connectivity index (χ1n) is 4.94. The van der Waals surface area contributed by atoms with Crippen LogP contribution < -0.4 is 5.73 Å². The first-order chi connectivity index (χ1) is 7.00. The Bertz CT molecular complexity index is 349. The topological polar surface area (TPSA) is 59.2 Å². The van der Waals surface area contributed by atoms with Gasteiger partial charge < -0.3 is 10.6 Å². The second-order valence-corrected chi connectivity index (χ2v) is 3.85. The molecule has 1 atom stereocenters. The summed E-state index contributed by atoms with van der Waals surface area (Å²) < 4.78 is 0. The summed E-state index contributed by atoms with van der Waals surface area (Å²) in [6, 6.07) is 3.48. The van der Waals surface area contributed by atoms with E-state index in [0.29, 0.717) is 12.1 Å². The van der Waals surface area contributed by atoms with Gasteiger partial charge in [-0.1, -0.05) is 0 Å². The third kappa shape index (κ3) is 3.32. The molecule has 2 N–H and O–H groups in total. The van der Waals surface area contributed by atoms with Crippen LogP contribution in [0.5, 0.6) is 0 Å². The summed E-state index contributed by atoms with van der Waals surface area (Å²) >= 11 is 0. The van der Waals surface area contributed by atoms with E-state index in [1.54, 1.807) is 30.3 Å². The lowest BCUT2D eigenvalue weighted by molar-refractivity contribution is 0.0788. The quantitative estimate of drug-likeness (QED) is 0.798. The van der Waals surface area contributed by atoms with Gasteiger partial charge in [0.05, 0.1) is 0 Å². The molecule has 1 amide bonds. The van der Waals surface area contributed by atoms with Crippen molar-refractivity contribution in [3.63, 3.8) is 0 Å². The van der Waals surface area contributed by atoms with Crippen molar-refractivity contribution in [3.8, 4) is 0 Å². The highest BCUT2D eigenvalue weighted by molar-refractivity contribution is 5.94. The van der Waals surface area contributed by atoms with E-state index in [1.807, 2.05) is 13.8 Å². The summed E-state index contributed by atoms with van der Waals surface area (Å²) in [5, 5.41) is 0. The molecule has 82 valence electrons. The molecule has 0 aromatic carbocycles. The zero-order valence-corrected chi connectivity index (χ0v) is 9.40. The Morgan fingerprint density at radius 3 is 2.87 bits per heavy atom. The van der Waals surface area contributed by atoms with Gasteiger partial charge in [-0.2, -0.15) is 0 Å². The average Bonchev–Trinajstić information content (AvgIpc) is 2.15. The van der Waals surface area contributed by atoms with Gasteiger partial charge in [-0.3, -0.25) is 9.78 Å². The highest BCUT2D eigenvalue weighted by Crippen LogP contribution is 2.04. The van der Waals surface area contributed by atoms with Gasteiger partial charge >= 0.3 is 0 Å². The molecule has 0 fully saturated rings. The molecule has 0 saturated heterocycles. The highest BCUT2D eigenvalue weighted by atomic mass is 16.2. The molecule has 0 bridgehead atoms. The van der Waals surface area contributed by atoms with Crippen LogP contribution in [0.25, 0.3) is 0 Å². The lowest BCUT2D eigenvalue weighted by Gasteiger charge is -2.19.